The zero-order valence-electron chi connectivity index (χ0n) is 9.31. The van der Waals surface area contributed by atoms with Gasteiger partial charge in [-0.05, 0) is 24.3 Å². The molecule has 1 saturated heterocycles. The zero-order valence-corrected chi connectivity index (χ0v) is 9.31. The van der Waals surface area contributed by atoms with Gasteiger partial charge >= 0.3 is 0 Å². The van der Waals surface area contributed by atoms with E-state index < -0.39 is 0 Å². The highest BCUT2D eigenvalue weighted by atomic mass is 16.5. The largest absolute Gasteiger partial charge is 0.480 e. The summed E-state index contributed by atoms with van der Waals surface area (Å²) < 4.78 is 5.01. The molecule has 1 aromatic heterocycles. The summed E-state index contributed by atoms with van der Waals surface area (Å²) in [7, 11) is 1.60. The average molecular weight is 217 g/mol. The summed E-state index contributed by atoms with van der Waals surface area (Å²) in [4.78, 5) is 8.60. The van der Waals surface area contributed by atoms with Crippen LogP contribution in [0, 0.1) is 5.92 Å². The van der Waals surface area contributed by atoms with Crippen LogP contribution in [-0.2, 0) is 0 Å². The van der Waals surface area contributed by atoms with E-state index in [4.69, 9.17) is 4.74 Å². The van der Waals surface area contributed by atoms with Crippen LogP contribution in [-0.4, -0.2) is 29.7 Å². The summed E-state index contributed by atoms with van der Waals surface area (Å²) in [5.41, 5.74) is 2.28. The van der Waals surface area contributed by atoms with Crippen molar-refractivity contribution in [3.63, 3.8) is 0 Å². The molecule has 2 bridgehead atoms. The van der Waals surface area contributed by atoms with Crippen LogP contribution in [0.5, 0.6) is 5.88 Å². The standard InChI is InChI=1S/C12H15N3O/c1-16-12-7-14-11(6-15-12)9-4-8-2-3-10(9)13-5-8/h4,6-8,10,13H,2-3,5H2,1H3. The minimum Gasteiger partial charge on any atom is -0.480 e. The molecule has 84 valence electrons. The minimum atomic E-state index is 0.465. The molecule has 0 saturated carbocycles. The van der Waals surface area contributed by atoms with E-state index in [2.05, 4.69) is 21.4 Å². The van der Waals surface area contributed by atoms with Gasteiger partial charge in [0.05, 0.1) is 25.2 Å². The molecule has 1 fully saturated rings. The summed E-state index contributed by atoms with van der Waals surface area (Å²) in [5.74, 6) is 1.24. The first-order chi connectivity index (χ1) is 7.86. The highest BCUT2D eigenvalue weighted by Crippen LogP contribution is 2.33. The summed E-state index contributed by atoms with van der Waals surface area (Å²) in [6.45, 7) is 1.11. The number of methoxy groups -OCH3 is 1. The third-order valence-corrected chi connectivity index (χ3v) is 3.38. The number of hydrogen-bond acceptors (Lipinski definition) is 4. The number of piperidine rings is 1. The number of nitrogens with one attached hydrogen (secondary N) is 1. The summed E-state index contributed by atoms with van der Waals surface area (Å²) >= 11 is 0. The topological polar surface area (TPSA) is 47.0 Å². The molecule has 0 aromatic carbocycles. The van der Waals surface area contributed by atoms with Gasteiger partial charge in [-0.15, -0.1) is 0 Å². The third kappa shape index (κ3) is 1.59. The van der Waals surface area contributed by atoms with Gasteiger partial charge < -0.3 is 10.1 Å². The lowest BCUT2D eigenvalue weighted by Gasteiger charge is -2.36. The van der Waals surface area contributed by atoms with Gasteiger partial charge in [0.15, 0.2) is 0 Å². The monoisotopic (exact) mass is 217 g/mol. The summed E-state index contributed by atoms with van der Waals surface area (Å²) in [6, 6.07) is 0.465. The maximum absolute atomic E-state index is 5.01. The number of aromatic nitrogens is 2. The fourth-order valence-electron chi connectivity index (χ4n) is 2.49. The molecule has 2 unspecified atom stereocenters. The normalized spacial score (nSPS) is 27.7. The highest BCUT2D eigenvalue weighted by molar-refractivity contribution is 5.68. The molecule has 3 aliphatic rings. The molecule has 1 N–H and O–H groups in total. The van der Waals surface area contributed by atoms with Gasteiger partial charge in [-0.3, -0.25) is 0 Å². The molecule has 0 spiro atoms. The van der Waals surface area contributed by atoms with Crippen molar-refractivity contribution in [2.24, 2.45) is 5.92 Å². The van der Waals surface area contributed by atoms with Crippen molar-refractivity contribution in [1.29, 1.82) is 0 Å². The Morgan fingerprint density at radius 2 is 2.25 bits per heavy atom. The smallest absolute Gasteiger partial charge is 0.232 e. The fourth-order valence-corrected chi connectivity index (χ4v) is 2.49. The highest BCUT2D eigenvalue weighted by Gasteiger charge is 2.29. The first-order valence-electron chi connectivity index (χ1n) is 5.68. The maximum Gasteiger partial charge on any atom is 0.232 e. The van der Waals surface area contributed by atoms with E-state index in [1.807, 2.05) is 0 Å². The number of nitrogens with zero attached hydrogens (tertiary/aromatic N) is 2. The Hall–Kier alpha value is -1.42. The molecule has 3 heterocycles. The van der Waals surface area contributed by atoms with E-state index in [1.54, 1.807) is 19.5 Å². The van der Waals surface area contributed by atoms with Gasteiger partial charge in [-0.1, -0.05) is 6.08 Å². The number of fused-ring (bicyclic) bond motifs is 2. The predicted molar refractivity (Wildman–Crippen MR) is 61.1 cm³/mol. The molecule has 4 rings (SSSR count). The zero-order chi connectivity index (χ0) is 11.0. The lowest BCUT2D eigenvalue weighted by Crippen LogP contribution is -2.43. The summed E-state index contributed by atoms with van der Waals surface area (Å²) in [5, 5.41) is 3.53. The van der Waals surface area contributed by atoms with Crippen LogP contribution in [0.1, 0.15) is 18.5 Å². The molecule has 0 amide bonds. The van der Waals surface area contributed by atoms with Crippen molar-refractivity contribution in [3.05, 3.63) is 24.2 Å². The van der Waals surface area contributed by atoms with Crippen LogP contribution in [0.15, 0.2) is 18.5 Å². The summed E-state index contributed by atoms with van der Waals surface area (Å²) in [6.07, 6.45) is 8.33. The van der Waals surface area contributed by atoms with Crippen molar-refractivity contribution in [1.82, 2.24) is 15.3 Å². The Balaban J connectivity index is 1.91. The van der Waals surface area contributed by atoms with Crippen molar-refractivity contribution in [2.45, 2.75) is 18.9 Å². The Morgan fingerprint density at radius 3 is 2.75 bits per heavy atom. The average Bonchev–Trinajstić information content (AvgIpc) is 2.40. The molecule has 4 nitrogen and oxygen atoms in total. The van der Waals surface area contributed by atoms with E-state index in [-0.39, 0.29) is 0 Å². The van der Waals surface area contributed by atoms with E-state index in [9.17, 15) is 0 Å². The van der Waals surface area contributed by atoms with Crippen molar-refractivity contribution in [3.8, 4) is 5.88 Å². The molecule has 2 aliphatic heterocycles. The molecule has 16 heavy (non-hydrogen) atoms. The Bertz CT molecular complexity index is 405. The van der Waals surface area contributed by atoms with Crippen LogP contribution in [0.3, 0.4) is 0 Å². The van der Waals surface area contributed by atoms with Crippen LogP contribution < -0.4 is 10.1 Å². The second-order valence-electron chi connectivity index (χ2n) is 4.36. The number of ether oxygens (including phenoxy) is 1. The van der Waals surface area contributed by atoms with E-state index >= 15 is 0 Å². The van der Waals surface area contributed by atoms with Gasteiger partial charge in [0, 0.05) is 12.6 Å². The number of rotatable bonds is 2. The fraction of sp³-hybridized carbons (Fsp3) is 0.500. The van der Waals surface area contributed by atoms with Gasteiger partial charge in [0.25, 0.3) is 0 Å². The molecule has 1 aromatic rings. The molecular formula is C12H15N3O. The van der Waals surface area contributed by atoms with Crippen LogP contribution in [0.4, 0.5) is 0 Å². The quantitative estimate of drug-likeness (QED) is 0.810. The SMILES string of the molecule is COc1cnc(C2=CC3CCC2NC3)cn1. The van der Waals surface area contributed by atoms with Crippen LogP contribution >= 0.6 is 0 Å². The lowest BCUT2D eigenvalue weighted by molar-refractivity contribution is 0.372. The lowest BCUT2D eigenvalue weighted by atomic mass is 9.81. The molecular weight excluding hydrogens is 202 g/mol. The Labute approximate surface area is 94.8 Å². The maximum atomic E-state index is 5.01. The van der Waals surface area contributed by atoms with Crippen molar-refractivity contribution >= 4 is 5.57 Å². The van der Waals surface area contributed by atoms with Gasteiger partial charge in [0.1, 0.15) is 0 Å². The second-order valence-corrected chi connectivity index (χ2v) is 4.36. The first kappa shape index (κ1) is 9.78. The molecule has 1 aliphatic carbocycles. The van der Waals surface area contributed by atoms with Gasteiger partial charge in [-0.25, -0.2) is 9.97 Å². The van der Waals surface area contributed by atoms with E-state index in [0.29, 0.717) is 17.8 Å². The Morgan fingerprint density at radius 1 is 1.31 bits per heavy atom. The third-order valence-electron chi connectivity index (χ3n) is 3.38. The molecule has 2 atom stereocenters. The predicted octanol–water partition coefficient (Wildman–Crippen LogP) is 1.25. The molecule has 0 radical (unpaired) electrons. The first-order valence-corrected chi connectivity index (χ1v) is 5.68. The van der Waals surface area contributed by atoms with Crippen LogP contribution in [0.2, 0.25) is 0 Å². The van der Waals surface area contributed by atoms with Gasteiger partial charge in [0.2, 0.25) is 5.88 Å². The van der Waals surface area contributed by atoms with Crippen molar-refractivity contribution < 1.29 is 4.74 Å². The van der Waals surface area contributed by atoms with Crippen LogP contribution in [0.25, 0.3) is 5.57 Å². The second kappa shape index (κ2) is 3.87. The van der Waals surface area contributed by atoms with Gasteiger partial charge in [-0.2, -0.15) is 0 Å². The van der Waals surface area contributed by atoms with Crippen molar-refractivity contribution in [2.75, 3.05) is 13.7 Å². The number of hydrogen-bond donors (Lipinski definition) is 1. The molecule has 4 heteroatoms. The Kier molecular flexibility index (Phi) is 2.36. The minimum absolute atomic E-state index is 0.465. The van der Waals surface area contributed by atoms with E-state index in [1.165, 1.54) is 18.4 Å². The van der Waals surface area contributed by atoms with E-state index in [0.717, 1.165) is 12.2 Å².